The van der Waals surface area contributed by atoms with E-state index < -0.39 is 24.0 Å². The van der Waals surface area contributed by atoms with Crippen LogP contribution >= 0.6 is 11.3 Å². The Kier molecular flexibility index (Phi) is 8.22. The molecule has 1 aliphatic heterocycles. The number of carbonyl (C=O) groups excluding carboxylic acids is 2. The van der Waals surface area contributed by atoms with E-state index in [0.29, 0.717) is 22.2 Å². The maximum atomic E-state index is 12.8. The molecule has 0 saturated heterocycles. The van der Waals surface area contributed by atoms with Crippen molar-refractivity contribution in [2.75, 3.05) is 7.11 Å². The molecular weight excluding hydrogens is 480 g/mol. The van der Waals surface area contributed by atoms with Crippen molar-refractivity contribution in [2.45, 2.75) is 51.4 Å². The second kappa shape index (κ2) is 11.5. The third-order valence-corrected chi connectivity index (χ3v) is 6.80. The second-order valence-corrected chi connectivity index (χ2v) is 10.1. The number of methoxy groups -OCH3 is 1. The molecule has 0 aliphatic carbocycles. The number of ether oxygens (including phenoxy) is 3. The van der Waals surface area contributed by atoms with E-state index in [0.717, 1.165) is 41.1 Å². The third kappa shape index (κ3) is 6.22. The van der Waals surface area contributed by atoms with Gasteiger partial charge in [-0.05, 0) is 54.5 Å². The van der Waals surface area contributed by atoms with Crippen LogP contribution in [-0.2, 0) is 16.0 Å². The topological polar surface area (TPSA) is 107 Å². The SMILES string of the molecule is COC(=O)[C@H](O)[C@H](CC(C)C)NC(=O)c1cnc(Oc2ccc3c(c2)CC[C@@H](c2ccccc2)O3)s1. The molecule has 1 aliphatic rings. The second-order valence-electron chi connectivity index (χ2n) is 9.10. The Bertz CT molecular complexity index is 1200. The first-order chi connectivity index (χ1) is 17.3. The van der Waals surface area contributed by atoms with Gasteiger partial charge < -0.3 is 24.6 Å². The summed E-state index contributed by atoms with van der Waals surface area (Å²) >= 11 is 1.08. The van der Waals surface area contributed by atoms with Crippen molar-refractivity contribution in [3.8, 4) is 16.7 Å². The molecule has 0 saturated carbocycles. The Labute approximate surface area is 214 Å². The van der Waals surface area contributed by atoms with Crippen molar-refractivity contribution < 1.29 is 28.9 Å². The van der Waals surface area contributed by atoms with E-state index in [-0.39, 0.29) is 12.0 Å². The van der Waals surface area contributed by atoms with Gasteiger partial charge in [0.15, 0.2) is 6.10 Å². The Morgan fingerprint density at radius 1 is 1.22 bits per heavy atom. The lowest BCUT2D eigenvalue weighted by atomic mass is 9.97. The van der Waals surface area contributed by atoms with Crippen LogP contribution in [0, 0.1) is 5.92 Å². The van der Waals surface area contributed by atoms with Crippen LogP contribution in [0.2, 0.25) is 0 Å². The number of thiazole rings is 1. The monoisotopic (exact) mass is 510 g/mol. The minimum Gasteiger partial charge on any atom is -0.485 e. The zero-order chi connectivity index (χ0) is 25.7. The normalized spacial score (nSPS) is 16.4. The lowest BCUT2D eigenvalue weighted by Gasteiger charge is -2.26. The summed E-state index contributed by atoms with van der Waals surface area (Å²) in [5, 5.41) is 13.3. The van der Waals surface area contributed by atoms with Crippen molar-refractivity contribution in [1.82, 2.24) is 10.3 Å². The van der Waals surface area contributed by atoms with Crippen molar-refractivity contribution in [2.24, 2.45) is 5.92 Å². The number of fused-ring (bicyclic) bond motifs is 1. The minimum absolute atomic E-state index is 0.0303. The van der Waals surface area contributed by atoms with Crippen molar-refractivity contribution >= 4 is 23.2 Å². The number of carbonyl (C=O) groups is 2. The van der Waals surface area contributed by atoms with Gasteiger partial charge in [-0.3, -0.25) is 4.79 Å². The van der Waals surface area contributed by atoms with Crippen molar-refractivity contribution in [3.63, 3.8) is 0 Å². The van der Waals surface area contributed by atoms with Gasteiger partial charge in [-0.1, -0.05) is 55.5 Å². The molecule has 0 unspecified atom stereocenters. The molecule has 9 heteroatoms. The van der Waals surface area contributed by atoms with Gasteiger partial charge in [-0.2, -0.15) is 0 Å². The van der Waals surface area contributed by atoms with Crippen LogP contribution in [0.25, 0.3) is 0 Å². The smallest absolute Gasteiger partial charge is 0.336 e. The summed E-state index contributed by atoms with van der Waals surface area (Å²) in [4.78, 5) is 29.1. The number of nitrogens with one attached hydrogen (secondary N) is 1. The van der Waals surface area contributed by atoms with Gasteiger partial charge in [0.05, 0.1) is 19.3 Å². The van der Waals surface area contributed by atoms with Gasteiger partial charge in [0.25, 0.3) is 11.1 Å². The number of aliphatic hydroxyl groups excluding tert-OH is 1. The van der Waals surface area contributed by atoms with Crippen LogP contribution in [0.5, 0.6) is 16.7 Å². The lowest BCUT2D eigenvalue weighted by Crippen LogP contribution is -2.47. The largest absolute Gasteiger partial charge is 0.485 e. The summed E-state index contributed by atoms with van der Waals surface area (Å²) in [6, 6.07) is 15.0. The fourth-order valence-electron chi connectivity index (χ4n) is 4.14. The average Bonchev–Trinajstić information content (AvgIpc) is 3.36. The summed E-state index contributed by atoms with van der Waals surface area (Å²) in [7, 11) is 1.20. The van der Waals surface area contributed by atoms with E-state index in [1.54, 1.807) is 0 Å². The molecule has 0 spiro atoms. The standard InChI is InChI=1S/C27H30N2O6S/c1-16(2)13-20(24(30)26(32)33-3)29-25(31)23-15-28-27(36-23)34-19-10-12-22-18(14-19)9-11-21(35-22)17-7-5-4-6-8-17/h4-8,10,12,14-16,20-21,24,30H,9,11,13H2,1-3H3,(H,29,31)/t20-,21-,24+/m0/s1. The molecule has 0 fully saturated rings. The predicted octanol–water partition coefficient (Wildman–Crippen LogP) is 4.68. The van der Waals surface area contributed by atoms with Gasteiger partial charge in [0, 0.05) is 0 Å². The van der Waals surface area contributed by atoms with Crippen LogP contribution in [0.4, 0.5) is 0 Å². The molecular formula is C27H30N2O6S. The number of benzene rings is 2. The zero-order valence-corrected chi connectivity index (χ0v) is 21.3. The van der Waals surface area contributed by atoms with Crippen LogP contribution < -0.4 is 14.8 Å². The van der Waals surface area contributed by atoms with E-state index >= 15 is 0 Å². The van der Waals surface area contributed by atoms with Crippen LogP contribution in [-0.4, -0.2) is 41.2 Å². The van der Waals surface area contributed by atoms with Gasteiger partial charge in [0.2, 0.25) is 0 Å². The molecule has 190 valence electrons. The Hall–Kier alpha value is -3.43. The number of esters is 1. The number of rotatable bonds is 9. The molecule has 1 amide bonds. The fraction of sp³-hybridized carbons (Fsp3) is 0.370. The van der Waals surface area contributed by atoms with Gasteiger partial charge in [-0.15, -0.1) is 0 Å². The van der Waals surface area contributed by atoms with E-state index in [2.05, 4.69) is 27.2 Å². The summed E-state index contributed by atoms with van der Waals surface area (Å²) in [5.41, 5.74) is 2.22. The third-order valence-electron chi connectivity index (χ3n) is 5.93. The molecule has 2 N–H and O–H groups in total. The lowest BCUT2D eigenvalue weighted by molar-refractivity contribution is -0.152. The van der Waals surface area contributed by atoms with Crippen LogP contribution in [0.15, 0.2) is 54.7 Å². The zero-order valence-electron chi connectivity index (χ0n) is 20.5. The van der Waals surface area contributed by atoms with Crippen LogP contribution in [0.1, 0.15) is 53.6 Å². The molecule has 8 nitrogen and oxygen atoms in total. The molecule has 0 radical (unpaired) electrons. The highest BCUT2D eigenvalue weighted by Gasteiger charge is 2.30. The van der Waals surface area contributed by atoms with Gasteiger partial charge >= 0.3 is 5.97 Å². The van der Waals surface area contributed by atoms with Crippen molar-refractivity contribution in [1.29, 1.82) is 0 Å². The summed E-state index contributed by atoms with van der Waals surface area (Å²) in [5.74, 6) is 0.353. The van der Waals surface area contributed by atoms with E-state index in [1.165, 1.54) is 13.3 Å². The highest BCUT2D eigenvalue weighted by molar-refractivity contribution is 7.15. The predicted molar refractivity (Wildman–Crippen MR) is 135 cm³/mol. The highest BCUT2D eigenvalue weighted by Crippen LogP contribution is 2.38. The first kappa shape index (κ1) is 25.7. The van der Waals surface area contributed by atoms with Gasteiger partial charge in [-0.25, -0.2) is 9.78 Å². The first-order valence-corrected chi connectivity index (χ1v) is 12.7. The molecule has 4 rings (SSSR count). The summed E-state index contributed by atoms with van der Waals surface area (Å²) in [6.07, 6.45) is 2.13. The van der Waals surface area contributed by atoms with E-state index in [9.17, 15) is 14.7 Å². The minimum atomic E-state index is -1.45. The Morgan fingerprint density at radius 3 is 2.72 bits per heavy atom. The molecule has 3 atom stereocenters. The summed E-state index contributed by atoms with van der Waals surface area (Å²) < 4.78 is 16.7. The van der Waals surface area contributed by atoms with Gasteiger partial charge in [0.1, 0.15) is 22.5 Å². The molecule has 1 aromatic heterocycles. The molecule has 0 bridgehead atoms. The molecule has 36 heavy (non-hydrogen) atoms. The number of nitrogens with zero attached hydrogens (tertiary/aromatic N) is 1. The average molecular weight is 511 g/mol. The number of aromatic nitrogens is 1. The maximum Gasteiger partial charge on any atom is 0.336 e. The van der Waals surface area contributed by atoms with Crippen LogP contribution in [0.3, 0.4) is 0 Å². The molecule has 2 aromatic carbocycles. The number of hydrogen-bond donors (Lipinski definition) is 2. The Balaban J connectivity index is 1.40. The summed E-state index contributed by atoms with van der Waals surface area (Å²) in [6.45, 7) is 3.88. The Morgan fingerprint density at radius 2 is 2.00 bits per heavy atom. The quantitative estimate of drug-likeness (QED) is 0.403. The van der Waals surface area contributed by atoms with E-state index in [1.807, 2.05) is 50.2 Å². The molecule has 2 heterocycles. The number of aliphatic hydroxyl groups is 1. The maximum absolute atomic E-state index is 12.8. The highest BCUT2D eigenvalue weighted by atomic mass is 32.1. The molecule has 3 aromatic rings. The van der Waals surface area contributed by atoms with E-state index in [4.69, 9.17) is 9.47 Å². The fourth-order valence-corrected chi connectivity index (χ4v) is 4.83. The number of amides is 1. The number of aryl methyl sites for hydroxylation is 1. The number of hydrogen-bond acceptors (Lipinski definition) is 8. The van der Waals surface area contributed by atoms with Crippen molar-refractivity contribution in [3.05, 3.63) is 70.7 Å². The first-order valence-electron chi connectivity index (χ1n) is 11.9.